The van der Waals surface area contributed by atoms with Crippen molar-refractivity contribution in [2.75, 3.05) is 25.5 Å². The van der Waals surface area contributed by atoms with Crippen molar-refractivity contribution in [3.05, 3.63) is 65.2 Å². The Bertz CT molecular complexity index is 765. The lowest BCUT2D eigenvalue weighted by atomic mass is 9.96. The first-order chi connectivity index (χ1) is 13.4. The predicted octanol–water partition coefficient (Wildman–Crippen LogP) is 2.49. The summed E-state index contributed by atoms with van der Waals surface area (Å²) in [6.45, 7) is 4.75. The van der Waals surface area contributed by atoms with Crippen molar-refractivity contribution in [1.82, 2.24) is 5.32 Å². The predicted molar refractivity (Wildman–Crippen MR) is 114 cm³/mol. The Labute approximate surface area is 172 Å². The number of rotatable bonds is 9. The molecule has 28 heavy (non-hydrogen) atoms. The first-order valence-electron chi connectivity index (χ1n) is 9.61. The molecule has 0 aliphatic carbocycles. The number of anilines is 1. The largest absolute Gasteiger partial charge is 0.350 e. The number of nitrogens with one attached hydrogen (secondary N) is 3. The number of halogens is 1. The molecule has 150 valence electrons. The quantitative estimate of drug-likeness (QED) is 0.603. The van der Waals surface area contributed by atoms with Crippen LogP contribution in [0.2, 0.25) is 5.02 Å². The summed E-state index contributed by atoms with van der Waals surface area (Å²) in [6.07, 6.45) is 0.949. The number of quaternary nitrogens is 1. The van der Waals surface area contributed by atoms with Gasteiger partial charge < -0.3 is 15.5 Å². The number of hydrogen-bond donors (Lipinski definition) is 3. The van der Waals surface area contributed by atoms with Crippen LogP contribution in [0.4, 0.5) is 5.69 Å². The molecule has 0 aliphatic heterocycles. The van der Waals surface area contributed by atoms with Crippen molar-refractivity contribution in [2.24, 2.45) is 0 Å². The van der Waals surface area contributed by atoms with Gasteiger partial charge in [0, 0.05) is 23.2 Å². The van der Waals surface area contributed by atoms with E-state index in [0.29, 0.717) is 17.3 Å². The molecular weight excluding hydrogens is 374 g/mol. The normalized spacial score (nSPS) is 14.0. The zero-order valence-corrected chi connectivity index (χ0v) is 17.4. The molecule has 3 N–H and O–H groups in total. The standard InChI is InChI=1S/C22H28ClN3O2/c1-4-17(18-8-6-5-7-9-18)14-24-22(28)16(2)26(3)15-21(27)25-20-12-10-19(23)11-13-20/h5-13,16-17H,4,14-15H2,1-3H3,(H,24,28)(H,25,27)/p+1/t16-,17-/m0/s1. The second kappa shape index (κ2) is 10.8. The van der Waals surface area contributed by atoms with Crippen LogP contribution in [0.5, 0.6) is 0 Å². The van der Waals surface area contributed by atoms with Crippen LogP contribution >= 0.6 is 11.6 Å². The van der Waals surface area contributed by atoms with Crippen LogP contribution in [-0.2, 0) is 9.59 Å². The number of hydrogen-bond acceptors (Lipinski definition) is 2. The molecule has 0 saturated carbocycles. The van der Waals surface area contributed by atoms with E-state index in [1.807, 2.05) is 32.2 Å². The van der Waals surface area contributed by atoms with E-state index in [-0.39, 0.29) is 30.3 Å². The minimum Gasteiger partial charge on any atom is -0.350 e. The average molecular weight is 403 g/mol. The molecule has 5 nitrogen and oxygen atoms in total. The van der Waals surface area contributed by atoms with Crippen molar-refractivity contribution in [2.45, 2.75) is 32.2 Å². The fraction of sp³-hybridized carbons (Fsp3) is 0.364. The van der Waals surface area contributed by atoms with Gasteiger partial charge in [-0.2, -0.15) is 0 Å². The molecule has 0 fully saturated rings. The smallest absolute Gasteiger partial charge is 0.279 e. The van der Waals surface area contributed by atoms with E-state index in [9.17, 15) is 9.59 Å². The maximum Gasteiger partial charge on any atom is 0.279 e. The second-order valence-corrected chi connectivity index (χ2v) is 7.50. The third kappa shape index (κ3) is 6.66. The minimum atomic E-state index is -0.329. The van der Waals surface area contributed by atoms with Gasteiger partial charge in [-0.15, -0.1) is 0 Å². The van der Waals surface area contributed by atoms with E-state index in [1.165, 1.54) is 5.56 Å². The van der Waals surface area contributed by atoms with Gasteiger partial charge in [0.05, 0.1) is 7.05 Å². The Morgan fingerprint density at radius 2 is 1.71 bits per heavy atom. The van der Waals surface area contributed by atoms with E-state index in [4.69, 9.17) is 11.6 Å². The highest BCUT2D eigenvalue weighted by Crippen LogP contribution is 2.17. The molecule has 0 heterocycles. The Balaban J connectivity index is 1.82. The van der Waals surface area contributed by atoms with Crippen LogP contribution in [0, 0.1) is 0 Å². The number of carbonyl (C=O) groups is 2. The highest BCUT2D eigenvalue weighted by atomic mass is 35.5. The highest BCUT2D eigenvalue weighted by Gasteiger charge is 2.24. The van der Waals surface area contributed by atoms with Crippen LogP contribution in [0.1, 0.15) is 31.7 Å². The lowest BCUT2D eigenvalue weighted by molar-refractivity contribution is -0.885. The van der Waals surface area contributed by atoms with E-state index >= 15 is 0 Å². The Morgan fingerprint density at radius 3 is 2.32 bits per heavy atom. The molecule has 6 heteroatoms. The van der Waals surface area contributed by atoms with Crippen molar-refractivity contribution in [3.63, 3.8) is 0 Å². The maximum atomic E-state index is 12.5. The zero-order valence-electron chi connectivity index (χ0n) is 16.7. The van der Waals surface area contributed by atoms with E-state index in [1.54, 1.807) is 24.3 Å². The van der Waals surface area contributed by atoms with Gasteiger partial charge in [0.15, 0.2) is 12.6 Å². The first kappa shape index (κ1) is 21.9. The number of benzene rings is 2. The van der Waals surface area contributed by atoms with Crippen LogP contribution < -0.4 is 15.5 Å². The van der Waals surface area contributed by atoms with Crippen LogP contribution in [-0.4, -0.2) is 38.0 Å². The molecule has 2 rings (SSSR count). The average Bonchev–Trinajstić information content (AvgIpc) is 2.70. The maximum absolute atomic E-state index is 12.5. The van der Waals surface area contributed by atoms with Crippen LogP contribution in [0.15, 0.2) is 54.6 Å². The number of likely N-dealkylation sites (N-methyl/N-ethyl adjacent to an activating group) is 1. The number of amides is 2. The van der Waals surface area contributed by atoms with Crippen molar-refractivity contribution < 1.29 is 14.5 Å². The fourth-order valence-corrected chi connectivity index (χ4v) is 3.09. The SMILES string of the molecule is CC[C@@H](CNC(=O)[C@H](C)[NH+](C)CC(=O)Nc1ccc(Cl)cc1)c1ccccc1. The summed E-state index contributed by atoms with van der Waals surface area (Å²) >= 11 is 5.85. The van der Waals surface area contributed by atoms with E-state index in [2.05, 4.69) is 29.7 Å². The molecule has 0 saturated heterocycles. The van der Waals surface area contributed by atoms with Gasteiger partial charge in [0.25, 0.3) is 11.8 Å². The van der Waals surface area contributed by atoms with Crippen molar-refractivity contribution in [3.8, 4) is 0 Å². The van der Waals surface area contributed by atoms with Gasteiger partial charge in [-0.1, -0.05) is 48.9 Å². The summed E-state index contributed by atoms with van der Waals surface area (Å²) in [5.74, 6) is 0.0900. The Morgan fingerprint density at radius 1 is 1.07 bits per heavy atom. The molecule has 2 amide bonds. The first-order valence-corrected chi connectivity index (χ1v) is 9.98. The van der Waals surface area contributed by atoms with Gasteiger partial charge in [-0.3, -0.25) is 9.59 Å². The minimum absolute atomic E-state index is 0.0498. The summed E-state index contributed by atoms with van der Waals surface area (Å²) in [6, 6.07) is 16.8. The molecular formula is C22H29ClN3O2+. The van der Waals surface area contributed by atoms with Crippen molar-refractivity contribution in [1.29, 1.82) is 0 Å². The number of carbonyl (C=O) groups excluding carboxylic acids is 2. The third-order valence-electron chi connectivity index (χ3n) is 4.99. The van der Waals surface area contributed by atoms with Gasteiger partial charge in [-0.05, 0) is 43.2 Å². The Hall–Kier alpha value is -2.37. The molecule has 0 aliphatic rings. The molecule has 2 aromatic rings. The lowest BCUT2D eigenvalue weighted by Gasteiger charge is -2.22. The summed E-state index contributed by atoms with van der Waals surface area (Å²) < 4.78 is 0. The molecule has 1 unspecified atom stereocenters. The third-order valence-corrected chi connectivity index (χ3v) is 5.24. The monoisotopic (exact) mass is 402 g/mol. The second-order valence-electron chi connectivity index (χ2n) is 7.06. The molecule has 0 bridgehead atoms. The van der Waals surface area contributed by atoms with Crippen LogP contribution in [0.3, 0.4) is 0 Å². The lowest BCUT2D eigenvalue weighted by Crippen LogP contribution is -3.15. The highest BCUT2D eigenvalue weighted by molar-refractivity contribution is 6.30. The molecule has 3 atom stereocenters. The van der Waals surface area contributed by atoms with Crippen molar-refractivity contribution >= 4 is 29.1 Å². The Kier molecular flexibility index (Phi) is 8.48. The van der Waals surface area contributed by atoms with Crippen LogP contribution in [0.25, 0.3) is 0 Å². The summed E-state index contributed by atoms with van der Waals surface area (Å²) in [4.78, 5) is 25.6. The molecule has 2 aromatic carbocycles. The van der Waals surface area contributed by atoms with Gasteiger partial charge in [-0.25, -0.2) is 0 Å². The van der Waals surface area contributed by atoms with Gasteiger partial charge in [0.1, 0.15) is 0 Å². The van der Waals surface area contributed by atoms with E-state index in [0.717, 1.165) is 11.3 Å². The fourth-order valence-electron chi connectivity index (χ4n) is 2.97. The molecule has 0 radical (unpaired) electrons. The summed E-state index contributed by atoms with van der Waals surface area (Å²) in [5, 5.41) is 6.48. The summed E-state index contributed by atoms with van der Waals surface area (Å²) in [7, 11) is 1.85. The van der Waals surface area contributed by atoms with E-state index < -0.39 is 0 Å². The summed E-state index contributed by atoms with van der Waals surface area (Å²) in [5.41, 5.74) is 1.91. The van der Waals surface area contributed by atoms with Gasteiger partial charge >= 0.3 is 0 Å². The molecule has 0 spiro atoms. The van der Waals surface area contributed by atoms with Gasteiger partial charge in [0.2, 0.25) is 0 Å². The zero-order chi connectivity index (χ0) is 20.5. The topological polar surface area (TPSA) is 62.6 Å². The molecule has 0 aromatic heterocycles.